The van der Waals surface area contributed by atoms with Crippen LogP contribution in [0.1, 0.15) is 42.4 Å². The Bertz CT molecular complexity index is 1040. The van der Waals surface area contributed by atoms with E-state index >= 15 is 0 Å². The van der Waals surface area contributed by atoms with Crippen molar-refractivity contribution in [1.29, 1.82) is 0 Å². The lowest BCUT2D eigenvalue weighted by Crippen LogP contribution is -2.40. The Balaban J connectivity index is 1.20. The molecule has 2 fully saturated rings. The van der Waals surface area contributed by atoms with Crippen LogP contribution in [0.25, 0.3) is 0 Å². The van der Waals surface area contributed by atoms with E-state index in [9.17, 15) is 13.2 Å². The minimum atomic E-state index is -3.48. The number of morpholine rings is 1. The zero-order valence-corrected chi connectivity index (χ0v) is 20.9. The van der Waals surface area contributed by atoms with Gasteiger partial charge in [0.1, 0.15) is 0 Å². The number of rotatable bonds is 8. The van der Waals surface area contributed by atoms with Crippen molar-refractivity contribution in [3.8, 4) is 0 Å². The molecule has 7 heteroatoms. The van der Waals surface area contributed by atoms with Crippen LogP contribution in [0.3, 0.4) is 0 Å². The number of hydrogen-bond acceptors (Lipinski definition) is 4. The molecule has 2 aromatic carbocycles. The minimum Gasteiger partial charge on any atom is -0.379 e. The molecule has 2 saturated heterocycles. The van der Waals surface area contributed by atoms with Gasteiger partial charge in [0.2, 0.25) is 15.9 Å². The Kier molecular flexibility index (Phi) is 8.40. The molecule has 6 nitrogen and oxygen atoms in total. The highest BCUT2D eigenvalue weighted by molar-refractivity contribution is 7.89. The van der Waals surface area contributed by atoms with Gasteiger partial charge in [-0.2, -0.15) is 4.31 Å². The van der Waals surface area contributed by atoms with E-state index in [0.29, 0.717) is 50.0 Å². The second-order valence-electron chi connectivity index (χ2n) is 9.51. The van der Waals surface area contributed by atoms with E-state index in [2.05, 4.69) is 31.2 Å². The quantitative estimate of drug-likeness (QED) is 0.571. The average molecular weight is 485 g/mol. The highest BCUT2D eigenvalue weighted by atomic mass is 32.2. The lowest BCUT2D eigenvalue weighted by atomic mass is 9.90. The number of amides is 1. The van der Waals surface area contributed by atoms with Crippen LogP contribution in [0.2, 0.25) is 0 Å². The third-order valence-corrected chi connectivity index (χ3v) is 9.00. The van der Waals surface area contributed by atoms with Crippen LogP contribution in [0, 0.1) is 12.8 Å². The number of aryl methyl sites for hydroxylation is 3. The summed E-state index contributed by atoms with van der Waals surface area (Å²) in [6, 6.07) is 15.8. The maximum atomic E-state index is 12.7. The first-order valence-corrected chi connectivity index (χ1v) is 13.9. The fourth-order valence-electron chi connectivity index (χ4n) is 4.77. The van der Waals surface area contributed by atoms with Crippen molar-refractivity contribution in [3.05, 3.63) is 65.2 Å². The van der Waals surface area contributed by atoms with E-state index in [1.807, 2.05) is 17.0 Å². The summed E-state index contributed by atoms with van der Waals surface area (Å²) in [5.74, 6) is 0.883. The molecule has 2 aromatic rings. The highest BCUT2D eigenvalue weighted by Crippen LogP contribution is 2.24. The summed E-state index contributed by atoms with van der Waals surface area (Å²) < 4.78 is 32.2. The van der Waals surface area contributed by atoms with Crippen LogP contribution in [-0.4, -0.2) is 62.9 Å². The molecule has 0 radical (unpaired) electrons. The predicted molar refractivity (Wildman–Crippen MR) is 133 cm³/mol. The first-order valence-electron chi connectivity index (χ1n) is 12.4. The second-order valence-corrected chi connectivity index (χ2v) is 11.4. The van der Waals surface area contributed by atoms with Gasteiger partial charge in [-0.25, -0.2) is 8.42 Å². The molecule has 2 aliphatic rings. The average Bonchev–Trinajstić information content (AvgIpc) is 2.88. The van der Waals surface area contributed by atoms with Crippen LogP contribution in [-0.2, 0) is 32.4 Å². The van der Waals surface area contributed by atoms with Gasteiger partial charge in [-0.05, 0) is 68.2 Å². The summed E-state index contributed by atoms with van der Waals surface area (Å²) in [5.41, 5.74) is 3.68. The number of carbonyl (C=O) groups is 1. The Morgan fingerprint density at radius 3 is 2.12 bits per heavy atom. The Hall–Kier alpha value is -2.22. The van der Waals surface area contributed by atoms with Crippen molar-refractivity contribution < 1.29 is 17.9 Å². The van der Waals surface area contributed by atoms with Crippen molar-refractivity contribution in [2.45, 2.75) is 50.3 Å². The number of ether oxygens (including phenoxy) is 1. The number of likely N-dealkylation sites (tertiary alicyclic amines) is 1. The highest BCUT2D eigenvalue weighted by Gasteiger charge is 2.26. The van der Waals surface area contributed by atoms with E-state index in [1.165, 1.54) is 21.9 Å². The molecular formula is C27H36N2O4S. The fourth-order valence-corrected chi connectivity index (χ4v) is 6.18. The minimum absolute atomic E-state index is 0.196. The summed E-state index contributed by atoms with van der Waals surface area (Å²) in [6.07, 6.45) is 5.53. The van der Waals surface area contributed by atoms with Crippen LogP contribution in [0.15, 0.2) is 53.4 Å². The van der Waals surface area contributed by atoms with Crippen LogP contribution in [0.5, 0.6) is 0 Å². The number of benzene rings is 2. The van der Waals surface area contributed by atoms with E-state index in [0.717, 1.165) is 37.9 Å². The SMILES string of the molecule is Cc1ccc(CCC2CCN(C(=O)CCc3ccc(S(=O)(=O)N4CCOCC4)cc3)CC2)cc1. The Morgan fingerprint density at radius 2 is 1.47 bits per heavy atom. The molecule has 184 valence electrons. The van der Waals surface area contributed by atoms with Crippen molar-refractivity contribution in [2.24, 2.45) is 5.92 Å². The zero-order valence-electron chi connectivity index (χ0n) is 20.1. The van der Waals surface area contributed by atoms with Crippen molar-refractivity contribution in [3.63, 3.8) is 0 Å². The summed E-state index contributed by atoms with van der Waals surface area (Å²) in [4.78, 5) is 15.0. The molecule has 4 rings (SSSR count). The summed E-state index contributed by atoms with van der Waals surface area (Å²) in [6.45, 7) is 5.44. The van der Waals surface area contributed by atoms with Crippen molar-refractivity contribution in [2.75, 3.05) is 39.4 Å². The number of sulfonamides is 1. The van der Waals surface area contributed by atoms with Crippen LogP contribution >= 0.6 is 0 Å². The van der Waals surface area contributed by atoms with Gasteiger partial charge >= 0.3 is 0 Å². The molecule has 34 heavy (non-hydrogen) atoms. The lowest BCUT2D eigenvalue weighted by Gasteiger charge is -2.32. The molecule has 0 atom stereocenters. The van der Waals surface area contributed by atoms with E-state index < -0.39 is 10.0 Å². The van der Waals surface area contributed by atoms with Gasteiger partial charge < -0.3 is 9.64 Å². The largest absolute Gasteiger partial charge is 0.379 e. The van der Waals surface area contributed by atoms with Crippen molar-refractivity contribution in [1.82, 2.24) is 9.21 Å². The van der Waals surface area contributed by atoms with Gasteiger partial charge in [0.25, 0.3) is 0 Å². The summed E-state index contributed by atoms with van der Waals surface area (Å²) in [7, 11) is -3.48. The molecule has 1 amide bonds. The monoisotopic (exact) mass is 484 g/mol. The van der Waals surface area contributed by atoms with E-state index in [-0.39, 0.29) is 5.91 Å². The summed E-state index contributed by atoms with van der Waals surface area (Å²) in [5, 5.41) is 0. The molecule has 2 aliphatic heterocycles. The molecule has 0 saturated carbocycles. The Morgan fingerprint density at radius 1 is 0.882 bits per heavy atom. The van der Waals surface area contributed by atoms with E-state index in [1.54, 1.807) is 12.1 Å². The van der Waals surface area contributed by atoms with Gasteiger partial charge in [0.05, 0.1) is 18.1 Å². The molecule has 0 N–H and O–H groups in total. The van der Waals surface area contributed by atoms with Gasteiger partial charge in [0, 0.05) is 32.6 Å². The number of carbonyl (C=O) groups excluding carboxylic acids is 1. The standard InChI is InChI=1S/C27H36N2O4S/c1-22-2-4-23(5-3-22)6-7-25-14-16-28(17-15-25)27(30)13-10-24-8-11-26(12-9-24)34(31,32)29-18-20-33-21-19-29/h2-5,8-9,11-12,25H,6-7,10,13-21H2,1H3. The molecule has 0 aliphatic carbocycles. The van der Waals surface area contributed by atoms with E-state index in [4.69, 9.17) is 4.74 Å². The topological polar surface area (TPSA) is 66.9 Å². The third-order valence-electron chi connectivity index (χ3n) is 7.09. The summed E-state index contributed by atoms with van der Waals surface area (Å²) >= 11 is 0. The molecule has 0 bridgehead atoms. The maximum absolute atomic E-state index is 12.7. The number of nitrogens with zero attached hydrogens (tertiary/aromatic N) is 2. The van der Waals surface area contributed by atoms with Crippen molar-refractivity contribution >= 4 is 15.9 Å². The maximum Gasteiger partial charge on any atom is 0.243 e. The van der Waals surface area contributed by atoms with Gasteiger partial charge in [-0.15, -0.1) is 0 Å². The predicted octanol–water partition coefficient (Wildman–Crippen LogP) is 3.82. The van der Waals surface area contributed by atoms with Gasteiger partial charge in [-0.1, -0.05) is 42.0 Å². The normalized spacial score (nSPS) is 18.2. The zero-order chi connectivity index (χ0) is 24.0. The lowest BCUT2D eigenvalue weighted by molar-refractivity contribution is -0.132. The first-order chi connectivity index (χ1) is 16.4. The molecule has 0 aromatic heterocycles. The fraction of sp³-hybridized carbons (Fsp3) is 0.519. The van der Waals surface area contributed by atoms with Gasteiger partial charge in [-0.3, -0.25) is 4.79 Å². The first kappa shape index (κ1) is 24.9. The molecule has 2 heterocycles. The van der Waals surface area contributed by atoms with Crippen LogP contribution < -0.4 is 0 Å². The Labute approximate surface area is 204 Å². The third kappa shape index (κ3) is 6.46. The second kappa shape index (κ2) is 11.5. The number of piperidine rings is 1. The molecular weight excluding hydrogens is 448 g/mol. The number of hydrogen-bond donors (Lipinski definition) is 0. The smallest absolute Gasteiger partial charge is 0.243 e. The molecule has 0 spiro atoms. The molecule has 0 unspecified atom stereocenters. The van der Waals surface area contributed by atoms with Gasteiger partial charge in [0.15, 0.2) is 0 Å². The van der Waals surface area contributed by atoms with Crippen LogP contribution in [0.4, 0.5) is 0 Å².